The minimum Gasteiger partial charge on any atom is -0.394 e. The molecule has 84 valence electrons. The van der Waals surface area contributed by atoms with Gasteiger partial charge in [0.05, 0.1) is 12.6 Å². The van der Waals surface area contributed by atoms with Crippen molar-refractivity contribution in [2.24, 2.45) is 0 Å². The molecule has 2 rings (SSSR count). The number of aryl methyl sites for hydroxylation is 1. The van der Waals surface area contributed by atoms with Gasteiger partial charge in [-0.05, 0) is 26.8 Å². The Morgan fingerprint density at radius 3 is 3.00 bits per heavy atom. The molecule has 0 aliphatic carbocycles. The molecule has 2 atom stereocenters. The maximum Gasteiger partial charge on any atom is 0.137 e. The second kappa shape index (κ2) is 4.28. The Balaban J connectivity index is 2.30. The maximum atomic E-state index is 9.21. The third-order valence-electron chi connectivity index (χ3n) is 3.02. The molecule has 1 aromatic rings. The van der Waals surface area contributed by atoms with Crippen LogP contribution in [0.15, 0.2) is 0 Å². The summed E-state index contributed by atoms with van der Waals surface area (Å²) >= 11 is 0. The third-order valence-corrected chi connectivity index (χ3v) is 3.02. The van der Waals surface area contributed by atoms with Gasteiger partial charge >= 0.3 is 0 Å². The van der Waals surface area contributed by atoms with Gasteiger partial charge in [0, 0.05) is 12.5 Å². The Bertz CT molecular complexity index is 330. The number of aromatic nitrogens is 3. The summed E-state index contributed by atoms with van der Waals surface area (Å²) in [6, 6.07) is 0.0654. The van der Waals surface area contributed by atoms with Crippen LogP contribution in [-0.4, -0.2) is 39.6 Å². The highest BCUT2D eigenvalue weighted by atomic mass is 16.3. The molecule has 0 bridgehead atoms. The monoisotopic (exact) mass is 210 g/mol. The van der Waals surface area contributed by atoms with Gasteiger partial charge < -0.3 is 15.0 Å². The van der Waals surface area contributed by atoms with Gasteiger partial charge in [-0.2, -0.15) is 0 Å². The van der Waals surface area contributed by atoms with E-state index in [1.165, 1.54) is 0 Å². The number of hydrogen-bond donors (Lipinski definition) is 2. The Kier molecular flexibility index (Phi) is 3.02. The molecule has 2 N–H and O–H groups in total. The van der Waals surface area contributed by atoms with Gasteiger partial charge in [0.1, 0.15) is 11.6 Å². The van der Waals surface area contributed by atoms with Crippen molar-refractivity contribution in [3.8, 4) is 0 Å². The van der Waals surface area contributed by atoms with E-state index >= 15 is 0 Å². The first kappa shape index (κ1) is 10.6. The second-order valence-electron chi connectivity index (χ2n) is 4.20. The maximum absolute atomic E-state index is 9.21. The highest BCUT2D eigenvalue weighted by Crippen LogP contribution is 2.23. The second-order valence-corrected chi connectivity index (χ2v) is 4.20. The van der Waals surface area contributed by atoms with Crippen LogP contribution in [0.25, 0.3) is 0 Å². The lowest BCUT2D eigenvalue weighted by Gasteiger charge is -2.17. The van der Waals surface area contributed by atoms with Crippen molar-refractivity contribution in [1.82, 2.24) is 20.1 Å². The molecule has 0 saturated carbocycles. The summed E-state index contributed by atoms with van der Waals surface area (Å²) in [5.74, 6) is 2.35. The highest BCUT2D eigenvalue weighted by Gasteiger charge is 2.24. The lowest BCUT2D eigenvalue weighted by Crippen LogP contribution is -2.18. The summed E-state index contributed by atoms with van der Waals surface area (Å²) in [6.07, 6.45) is 1.11. The number of aliphatic hydroxyl groups excluding tert-OH is 1. The van der Waals surface area contributed by atoms with Crippen LogP contribution < -0.4 is 5.32 Å². The van der Waals surface area contributed by atoms with Crippen LogP contribution in [0.3, 0.4) is 0 Å². The van der Waals surface area contributed by atoms with Crippen LogP contribution in [0.4, 0.5) is 0 Å². The molecule has 1 fully saturated rings. The van der Waals surface area contributed by atoms with E-state index in [0.29, 0.717) is 5.92 Å². The van der Waals surface area contributed by atoms with Crippen molar-refractivity contribution in [2.75, 3.05) is 19.7 Å². The van der Waals surface area contributed by atoms with Crippen molar-refractivity contribution in [2.45, 2.75) is 32.2 Å². The zero-order chi connectivity index (χ0) is 10.8. The van der Waals surface area contributed by atoms with Gasteiger partial charge in [-0.15, -0.1) is 10.2 Å². The standard InChI is InChI=1S/C10H18N4O/c1-7(6-15)14-8(2)12-13-10(14)9-3-4-11-5-9/h7,9,11,15H,3-6H2,1-2H3. The van der Waals surface area contributed by atoms with Crippen molar-refractivity contribution in [3.05, 3.63) is 11.6 Å². The largest absolute Gasteiger partial charge is 0.394 e. The van der Waals surface area contributed by atoms with Gasteiger partial charge in [0.2, 0.25) is 0 Å². The van der Waals surface area contributed by atoms with Crippen molar-refractivity contribution in [3.63, 3.8) is 0 Å². The molecule has 0 amide bonds. The summed E-state index contributed by atoms with van der Waals surface area (Å²) in [7, 11) is 0. The number of nitrogens with one attached hydrogen (secondary N) is 1. The molecule has 5 nitrogen and oxygen atoms in total. The number of aliphatic hydroxyl groups is 1. The average Bonchev–Trinajstić information content (AvgIpc) is 2.85. The van der Waals surface area contributed by atoms with E-state index in [2.05, 4.69) is 20.1 Å². The van der Waals surface area contributed by atoms with Gasteiger partial charge in [-0.3, -0.25) is 0 Å². The molecule has 1 aliphatic rings. The van der Waals surface area contributed by atoms with Gasteiger partial charge in [0.25, 0.3) is 0 Å². The fourth-order valence-electron chi connectivity index (χ4n) is 2.17. The molecular weight excluding hydrogens is 192 g/mol. The Labute approximate surface area is 89.5 Å². The Morgan fingerprint density at radius 2 is 2.40 bits per heavy atom. The molecule has 15 heavy (non-hydrogen) atoms. The molecule has 0 aromatic carbocycles. The Hall–Kier alpha value is -0.940. The van der Waals surface area contributed by atoms with Crippen LogP contribution in [0.5, 0.6) is 0 Å². The van der Waals surface area contributed by atoms with Crippen LogP contribution in [0.2, 0.25) is 0 Å². The van der Waals surface area contributed by atoms with Crippen molar-refractivity contribution >= 4 is 0 Å². The first-order valence-corrected chi connectivity index (χ1v) is 5.47. The normalized spacial score (nSPS) is 23.3. The van der Waals surface area contributed by atoms with Crippen LogP contribution in [-0.2, 0) is 0 Å². The molecular formula is C10H18N4O. The zero-order valence-electron chi connectivity index (χ0n) is 9.27. The molecule has 1 aromatic heterocycles. The van der Waals surface area contributed by atoms with E-state index in [1.807, 2.05) is 13.8 Å². The average molecular weight is 210 g/mol. The SMILES string of the molecule is Cc1nnc(C2CCNC2)n1C(C)CO. The summed E-state index contributed by atoms with van der Waals surface area (Å²) in [4.78, 5) is 0. The quantitative estimate of drug-likeness (QED) is 0.749. The zero-order valence-corrected chi connectivity index (χ0v) is 9.27. The van der Waals surface area contributed by atoms with Gasteiger partial charge in [0.15, 0.2) is 0 Å². The molecule has 1 saturated heterocycles. The molecule has 2 unspecified atom stereocenters. The number of rotatable bonds is 3. The lowest BCUT2D eigenvalue weighted by atomic mass is 10.1. The summed E-state index contributed by atoms with van der Waals surface area (Å²) in [6.45, 7) is 6.07. The molecule has 2 heterocycles. The molecule has 0 spiro atoms. The predicted molar refractivity (Wildman–Crippen MR) is 56.8 cm³/mol. The summed E-state index contributed by atoms with van der Waals surface area (Å²) < 4.78 is 2.05. The Morgan fingerprint density at radius 1 is 1.60 bits per heavy atom. The molecule has 0 radical (unpaired) electrons. The molecule has 5 heteroatoms. The lowest BCUT2D eigenvalue weighted by molar-refractivity contribution is 0.233. The van der Waals surface area contributed by atoms with Crippen LogP contribution >= 0.6 is 0 Å². The first-order valence-electron chi connectivity index (χ1n) is 5.47. The first-order chi connectivity index (χ1) is 7.24. The smallest absolute Gasteiger partial charge is 0.137 e. The fraction of sp³-hybridized carbons (Fsp3) is 0.800. The minimum atomic E-state index is 0.0654. The fourth-order valence-corrected chi connectivity index (χ4v) is 2.17. The van der Waals surface area contributed by atoms with Crippen molar-refractivity contribution in [1.29, 1.82) is 0 Å². The van der Waals surface area contributed by atoms with E-state index < -0.39 is 0 Å². The summed E-state index contributed by atoms with van der Waals surface area (Å²) in [5, 5.41) is 20.9. The number of hydrogen-bond acceptors (Lipinski definition) is 4. The third kappa shape index (κ3) is 1.89. The molecule has 1 aliphatic heterocycles. The topological polar surface area (TPSA) is 63.0 Å². The van der Waals surface area contributed by atoms with E-state index in [9.17, 15) is 5.11 Å². The number of nitrogens with zero attached hydrogens (tertiary/aromatic N) is 3. The van der Waals surface area contributed by atoms with Crippen LogP contribution in [0.1, 0.15) is 37.0 Å². The van der Waals surface area contributed by atoms with Crippen LogP contribution in [0, 0.1) is 6.92 Å². The van der Waals surface area contributed by atoms with E-state index in [4.69, 9.17) is 0 Å². The van der Waals surface area contributed by atoms with Gasteiger partial charge in [-0.25, -0.2) is 0 Å². The van der Waals surface area contributed by atoms with E-state index in [-0.39, 0.29) is 12.6 Å². The van der Waals surface area contributed by atoms with Gasteiger partial charge in [-0.1, -0.05) is 0 Å². The highest BCUT2D eigenvalue weighted by molar-refractivity contribution is 5.06. The van der Waals surface area contributed by atoms with Crippen molar-refractivity contribution < 1.29 is 5.11 Å². The predicted octanol–water partition coefficient (Wildman–Crippen LogP) is 0.217. The van der Waals surface area contributed by atoms with E-state index in [1.54, 1.807) is 0 Å². The van der Waals surface area contributed by atoms with E-state index in [0.717, 1.165) is 31.2 Å². The minimum absolute atomic E-state index is 0.0654. The summed E-state index contributed by atoms with van der Waals surface area (Å²) in [5.41, 5.74) is 0.